The van der Waals surface area contributed by atoms with Gasteiger partial charge in [-0.25, -0.2) is 0 Å². The molecule has 2 heteroatoms. The third-order valence-corrected chi connectivity index (χ3v) is 2.92. The first-order valence-corrected chi connectivity index (χ1v) is 6.45. The maximum Gasteiger partial charge on any atom is 0.0681 e. The van der Waals surface area contributed by atoms with E-state index in [0.29, 0.717) is 12.0 Å². The molecule has 96 valence electrons. The summed E-state index contributed by atoms with van der Waals surface area (Å²) in [5, 5.41) is 9.01. The summed E-state index contributed by atoms with van der Waals surface area (Å²) >= 11 is 0. The molecule has 2 nitrogen and oxygen atoms in total. The van der Waals surface area contributed by atoms with Gasteiger partial charge in [0.1, 0.15) is 0 Å². The zero-order valence-electron chi connectivity index (χ0n) is 11.5. The summed E-state index contributed by atoms with van der Waals surface area (Å²) in [5.41, 5.74) is 2.30. The van der Waals surface area contributed by atoms with Crippen LogP contribution in [0.2, 0.25) is 0 Å². The average molecular weight is 235 g/mol. The van der Waals surface area contributed by atoms with E-state index in [9.17, 15) is 0 Å². The van der Waals surface area contributed by atoms with E-state index in [1.165, 1.54) is 5.56 Å². The Kier molecular flexibility index (Phi) is 5.66. The fraction of sp³-hybridized carbons (Fsp3) is 0.600. The van der Waals surface area contributed by atoms with Crippen molar-refractivity contribution < 1.29 is 5.11 Å². The predicted octanol–water partition coefficient (Wildman–Crippen LogP) is 3.05. The van der Waals surface area contributed by atoms with Gasteiger partial charge in [-0.2, -0.15) is 0 Å². The minimum Gasteiger partial charge on any atom is -0.392 e. The minimum atomic E-state index is 0.125. The van der Waals surface area contributed by atoms with Gasteiger partial charge < -0.3 is 5.11 Å². The van der Waals surface area contributed by atoms with Crippen molar-refractivity contribution in [2.24, 2.45) is 5.92 Å². The van der Waals surface area contributed by atoms with E-state index in [1.54, 1.807) is 0 Å². The standard InChI is InChI=1S/C15H25NO/c1-12(2)9-16(13(3)4)10-14-5-7-15(11-17)8-6-14/h5-8,12-13,17H,9-11H2,1-4H3. The van der Waals surface area contributed by atoms with Gasteiger partial charge in [0.2, 0.25) is 0 Å². The molecule has 0 amide bonds. The lowest BCUT2D eigenvalue weighted by Crippen LogP contribution is -2.33. The summed E-state index contributed by atoms with van der Waals surface area (Å²) in [5.74, 6) is 0.689. The van der Waals surface area contributed by atoms with Crippen LogP contribution in [-0.4, -0.2) is 22.6 Å². The highest BCUT2D eigenvalue weighted by molar-refractivity contribution is 5.21. The molecule has 0 unspecified atom stereocenters. The summed E-state index contributed by atoms with van der Waals surface area (Å²) in [6, 6.07) is 8.80. The first kappa shape index (κ1) is 14.2. The van der Waals surface area contributed by atoms with Crippen LogP contribution in [0.5, 0.6) is 0 Å². The number of hydrogen-bond acceptors (Lipinski definition) is 2. The van der Waals surface area contributed by atoms with Gasteiger partial charge >= 0.3 is 0 Å². The third-order valence-electron chi connectivity index (χ3n) is 2.92. The second-order valence-corrected chi connectivity index (χ2v) is 5.39. The molecular weight excluding hydrogens is 210 g/mol. The second kappa shape index (κ2) is 6.77. The minimum absolute atomic E-state index is 0.125. The Balaban J connectivity index is 2.65. The first-order valence-electron chi connectivity index (χ1n) is 6.45. The van der Waals surface area contributed by atoms with E-state index >= 15 is 0 Å². The third kappa shape index (κ3) is 4.88. The zero-order valence-corrected chi connectivity index (χ0v) is 11.5. The fourth-order valence-electron chi connectivity index (χ4n) is 1.91. The van der Waals surface area contributed by atoms with E-state index in [1.807, 2.05) is 12.1 Å². The van der Waals surface area contributed by atoms with Crippen molar-refractivity contribution in [2.45, 2.75) is 46.9 Å². The molecule has 0 saturated heterocycles. The van der Waals surface area contributed by atoms with E-state index in [2.05, 4.69) is 44.7 Å². The van der Waals surface area contributed by atoms with E-state index in [-0.39, 0.29) is 6.61 Å². The molecule has 0 spiro atoms. The molecule has 0 aliphatic heterocycles. The van der Waals surface area contributed by atoms with Crippen molar-refractivity contribution >= 4 is 0 Å². The highest BCUT2D eigenvalue weighted by atomic mass is 16.3. The number of benzene rings is 1. The average Bonchev–Trinajstić information content (AvgIpc) is 2.28. The smallest absolute Gasteiger partial charge is 0.0681 e. The maximum absolute atomic E-state index is 9.01. The van der Waals surface area contributed by atoms with Gasteiger partial charge in [0.05, 0.1) is 6.61 Å². The van der Waals surface area contributed by atoms with E-state index in [0.717, 1.165) is 18.7 Å². The second-order valence-electron chi connectivity index (χ2n) is 5.39. The molecule has 0 aliphatic rings. The molecule has 0 radical (unpaired) electrons. The molecule has 1 rings (SSSR count). The normalized spacial score (nSPS) is 11.8. The molecule has 0 aromatic heterocycles. The van der Waals surface area contributed by atoms with Crippen LogP contribution in [0.4, 0.5) is 0 Å². The highest BCUT2D eigenvalue weighted by Gasteiger charge is 2.11. The Morgan fingerprint density at radius 3 is 1.94 bits per heavy atom. The lowest BCUT2D eigenvalue weighted by atomic mass is 10.1. The van der Waals surface area contributed by atoms with Crippen LogP contribution >= 0.6 is 0 Å². The number of nitrogens with zero attached hydrogens (tertiary/aromatic N) is 1. The zero-order chi connectivity index (χ0) is 12.8. The molecule has 0 bridgehead atoms. The van der Waals surface area contributed by atoms with E-state index in [4.69, 9.17) is 5.11 Å². The summed E-state index contributed by atoms with van der Waals surface area (Å²) < 4.78 is 0. The number of aliphatic hydroxyl groups is 1. The molecule has 0 fully saturated rings. The van der Waals surface area contributed by atoms with Crippen molar-refractivity contribution in [1.82, 2.24) is 4.90 Å². The quantitative estimate of drug-likeness (QED) is 0.819. The fourth-order valence-corrected chi connectivity index (χ4v) is 1.91. The molecule has 0 aliphatic carbocycles. The number of rotatable bonds is 6. The number of aliphatic hydroxyl groups excluding tert-OH is 1. The van der Waals surface area contributed by atoms with Crippen molar-refractivity contribution in [3.8, 4) is 0 Å². The maximum atomic E-state index is 9.01. The Morgan fingerprint density at radius 2 is 1.53 bits per heavy atom. The summed E-state index contributed by atoms with van der Waals surface area (Å²) in [4.78, 5) is 2.48. The van der Waals surface area contributed by atoms with E-state index < -0.39 is 0 Å². The molecule has 1 aromatic carbocycles. The Bertz CT molecular complexity index is 316. The van der Waals surface area contributed by atoms with Crippen LogP contribution in [-0.2, 0) is 13.2 Å². The van der Waals surface area contributed by atoms with Crippen molar-refractivity contribution in [3.05, 3.63) is 35.4 Å². The summed E-state index contributed by atoms with van der Waals surface area (Å²) in [7, 11) is 0. The molecule has 1 N–H and O–H groups in total. The van der Waals surface area contributed by atoms with Gasteiger partial charge in [0.25, 0.3) is 0 Å². The van der Waals surface area contributed by atoms with Crippen molar-refractivity contribution in [2.75, 3.05) is 6.54 Å². The van der Waals surface area contributed by atoms with Crippen LogP contribution in [0.25, 0.3) is 0 Å². The lowest BCUT2D eigenvalue weighted by Gasteiger charge is -2.28. The molecule has 0 atom stereocenters. The Hall–Kier alpha value is -0.860. The monoisotopic (exact) mass is 235 g/mol. The van der Waals surface area contributed by atoms with Crippen molar-refractivity contribution in [3.63, 3.8) is 0 Å². The molecule has 17 heavy (non-hydrogen) atoms. The van der Waals surface area contributed by atoms with Crippen LogP contribution in [0.15, 0.2) is 24.3 Å². The number of hydrogen-bond donors (Lipinski definition) is 1. The first-order chi connectivity index (χ1) is 8.02. The molecule has 0 heterocycles. The molecule has 0 saturated carbocycles. The lowest BCUT2D eigenvalue weighted by molar-refractivity contribution is 0.189. The molecule has 1 aromatic rings. The van der Waals surface area contributed by atoms with Gasteiger partial charge in [0, 0.05) is 19.1 Å². The highest BCUT2D eigenvalue weighted by Crippen LogP contribution is 2.12. The van der Waals surface area contributed by atoms with Gasteiger partial charge in [-0.15, -0.1) is 0 Å². The summed E-state index contributed by atoms with van der Waals surface area (Å²) in [6.45, 7) is 11.2. The summed E-state index contributed by atoms with van der Waals surface area (Å²) in [6.07, 6.45) is 0. The molecular formula is C15H25NO. The van der Waals surface area contributed by atoms with Crippen molar-refractivity contribution in [1.29, 1.82) is 0 Å². The Morgan fingerprint density at radius 1 is 1.00 bits per heavy atom. The van der Waals surface area contributed by atoms with Gasteiger partial charge in [-0.05, 0) is 30.9 Å². The predicted molar refractivity (Wildman–Crippen MR) is 72.7 cm³/mol. The van der Waals surface area contributed by atoms with Gasteiger partial charge in [-0.3, -0.25) is 4.90 Å². The van der Waals surface area contributed by atoms with Crippen LogP contribution < -0.4 is 0 Å². The van der Waals surface area contributed by atoms with Crippen LogP contribution in [0, 0.1) is 5.92 Å². The Labute approximate surface area is 105 Å². The largest absolute Gasteiger partial charge is 0.392 e. The topological polar surface area (TPSA) is 23.5 Å². The van der Waals surface area contributed by atoms with Gasteiger partial charge in [-0.1, -0.05) is 38.1 Å². The van der Waals surface area contributed by atoms with Crippen LogP contribution in [0.3, 0.4) is 0 Å². The SMILES string of the molecule is CC(C)CN(Cc1ccc(CO)cc1)C(C)C. The van der Waals surface area contributed by atoms with Crippen LogP contribution in [0.1, 0.15) is 38.8 Å². The van der Waals surface area contributed by atoms with Gasteiger partial charge in [0.15, 0.2) is 0 Å².